The zero-order valence-electron chi connectivity index (χ0n) is 14.1. The van der Waals surface area contributed by atoms with E-state index in [1.165, 1.54) is 11.1 Å². The molecule has 0 aliphatic heterocycles. The molecule has 3 aromatic rings. The average Bonchev–Trinajstić information content (AvgIpc) is 2.64. The van der Waals surface area contributed by atoms with Gasteiger partial charge in [-0.05, 0) is 52.4 Å². The lowest BCUT2D eigenvalue weighted by atomic mass is 9.59. The number of phenolic OH excluding ortho intramolecular Hbond substituents is 2. The molecule has 2 nitrogen and oxygen atoms in total. The molecule has 1 unspecified atom stereocenters. The molecule has 0 amide bonds. The second kappa shape index (κ2) is 5.82. The van der Waals surface area contributed by atoms with Crippen molar-refractivity contribution in [2.75, 3.05) is 0 Å². The van der Waals surface area contributed by atoms with Gasteiger partial charge in [0.2, 0.25) is 0 Å². The molecule has 0 saturated heterocycles. The van der Waals surface area contributed by atoms with Gasteiger partial charge in [-0.1, -0.05) is 67.6 Å². The maximum atomic E-state index is 9.76. The predicted molar refractivity (Wildman–Crippen MR) is 101 cm³/mol. The maximum Gasteiger partial charge on any atom is 0.115 e. The van der Waals surface area contributed by atoms with Crippen LogP contribution in [0.1, 0.15) is 29.2 Å². The number of fused-ring (bicyclic) bond motifs is 1. The van der Waals surface area contributed by atoms with Gasteiger partial charge in [-0.25, -0.2) is 0 Å². The lowest BCUT2D eigenvalue weighted by Crippen LogP contribution is -2.37. The van der Waals surface area contributed by atoms with Gasteiger partial charge in [-0.3, -0.25) is 0 Å². The fourth-order valence-corrected chi connectivity index (χ4v) is 4.09. The van der Waals surface area contributed by atoms with E-state index in [-0.39, 0.29) is 22.8 Å². The highest BCUT2D eigenvalue weighted by Crippen LogP contribution is 2.50. The second-order valence-electron chi connectivity index (χ2n) is 6.64. The molecule has 1 aliphatic rings. The summed E-state index contributed by atoms with van der Waals surface area (Å²) in [5.41, 5.74) is 4.32. The standard InChI is InChI=1S/C23H20O2/c1-16-6-7-17-4-2-3-5-22(17)23(16,18-8-12-20(24)13-9-18)19-10-14-21(25)15-11-19/h2-16,24-25H,1H3. The zero-order chi connectivity index (χ0) is 17.4. The third-order valence-corrected chi connectivity index (χ3v) is 5.28. The summed E-state index contributed by atoms with van der Waals surface area (Å²) in [6.45, 7) is 2.21. The summed E-state index contributed by atoms with van der Waals surface area (Å²) in [7, 11) is 0. The molecule has 0 aromatic heterocycles. The van der Waals surface area contributed by atoms with Gasteiger partial charge >= 0.3 is 0 Å². The molecular weight excluding hydrogens is 308 g/mol. The molecule has 0 fully saturated rings. The van der Waals surface area contributed by atoms with Crippen molar-refractivity contribution < 1.29 is 10.2 Å². The first-order valence-corrected chi connectivity index (χ1v) is 8.49. The molecule has 2 N–H and O–H groups in total. The summed E-state index contributed by atoms with van der Waals surface area (Å²) in [6, 6.07) is 23.4. The highest BCUT2D eigenvalue weighted by Gasteiger charge is 2.43. The first-order chi connectivity index (χ1) is 12.1. The van der Waals surface area contributed by atoms with E-state index in [0.29, 0.717) is 0 Å². The Morgan fingerprint density at radius 2 is 1.24 bits per heavy atom. The predicted octanol–water partition coefficient (Wildman–Crippen LogP) is 5.10. The van der Waals surface area contributed by atoms with E-state index >= 15 is 0 Å². The van der Waals surface area contributed by atoms with Crippen LogP contribution < -0.4 is 0 Å². The smallest absolute Gasteiger partial charge is 0.115 e. The number of hydrogen-bond donors (Lipinski definition) is 2. The van der Waals surface area contributed by atoms with Crippen LogP contribution in [0.15, 0.2) is 78.9 Å². The van der Waals surface area contributed by atoms with Gasteiger partial charge in [0.1, 0.15) is 11.5 Å². The molecule has 0 saturated carbocycles. The van der Waals surface area contributed by atoms with Gasteiger partial charge in [0.15, 0.2) is 0 Å². The van der Waals surface area contributed by atoms with Crippen LogP contribution in [0.3, 0.4) is 0 Å². The van der Waals surface area contributed by atoms with Crippen LogP contribution in [0.4, 0.5) is 0 Å². The third-order valence-electron chi connectivity index (χ3n) is 5.28. The van der Waals surface area contributed by atoms with Crippen molar-refractivity contribution in [3.8, 4) is 11.5 Å². The molecule has 25 heavy (non-hydrogen) atoms. The van der Waals surface area contributed by atoms with Crippen molar-refractivity contribution in [3.63, 3.8) is 0 Å². The lowest BCUT2D eigenvalue weighted by molar-refractivity contribution is 0.461. The summed E-state index contributed by atoms with van der Waals surface area (Å²) >= 11 is 0. The molecule has 0 radical (unpaired) electrons. The van der Waals surface area contributed by atoms with Gasteiger partial charge in [-0.15, -0.1) is 0 Å². The molecule has 3 aromatic carbocycles. The van der Waals surface area contributed by atoms with E-state index in [1.54, 1.807) is 24.3 Å². The summed E-state index contributed by atoms with van der Waals surface area (Å²) in [4.78, 5) is 0. The van der Waals surface area contributed by atoms with E-state index in [9.17, 15) is 10.2 Å². The van der Waals surface area contributed by atoms with Crippen LogP contribution in [-0.2, 0) is 5.41 Å². The van der Waals surface area contributed by atoms with E-state index in [0.717, 1.165) is 11.1 Å². The topological polar surface area (TPSA) is 40.5 Å². The summed E-state index contributed by atoms with van der Waals surface area (Å²) in [6.07, 6.45) is 4.42. The lowest BCUT2D eigenvalue weighted by Gasteiger charge is -2.43. The molecule has 0 spiro atoms. The minimum Gasteiger partial charge on any atom is -0.508 e. The van der Waals surface area contributed by atoms with E-state index in [4.69, 9.17) is 0 Å². The van der Waals surface area contributed by atoms with Gasteiger partial charge in [-0.2, -0.15) is 0 Å². The molecule has 0 bridgehead atoms. The van der Waals surface area contributed by atoms with Gasteiger partial charge in [0, 0.05) is 0 Å². The van der Waals surface area contributed by atoms with Gasteiger partial charge < -0.3 is 10.2 Å². The maximum absolute atomic E-state index is 9.76. The zero-order valence-corrected chi connectivity index (χ0v) is 14.1. The molecule has 124 valence electrons. The van der Waals surface area contributed by atoms with Crippen LogP contribution in [0, 0.1) is 5.92 Å². The Labute approximate surface area is 147 Å². The van der Waals surface area contributed by atoms with Crippen molar-refractivity contribution in [2.45, 2.75) is 12.3 Å². The number of phenols is 2. The van der Waals surface area contributed by atoms with Crippen LogP contribution >= 0.6 is 0 Å². The van der Waals surface area contributed by atoms with Crippen LogP contribution in [0.5, 0.6) is 11.5 Å². The van der Waals surface area contributed by atoms with Crippen molar-refractivity contribution >= 4 is 6.08 Å². The number of hydrogen-bond acceptors (Lipinski definition) is 2. The number of benzene rings is 3. The van der Waals surface area contributed by atoms with E-state index in [2.05, 4.69) is 43.3 Å². The van der Waals surface area contributed by atoms with E-state index < -0.39 is 0 Å². The molecule has 1 atom stereocenters. The van der Waals surface area contributed by atoms with Gasteiger partial charge in [0.05, 0.1) is 5.41 Å². The van der Waals surface area contributed by atoms with Crippen LogP contribution in [0.25, 0.3) is 6.08 Å². The average molecular weight is 328 g/mol. The summed E-state index contributed by atoms with van der Waals surface area (Å²) in [5, 5.41) is 19.5. The molecule has 4 rings (SSSR count). The summed E-state index contributed by atoms with van der Waals surface area (Å²) in [5.74, 6) is 0.741. The van der Waals surface area contributed by atoms with Crippen LogP contribution in [-0.4, -0.2) is 10.2 Å². The summed E-state index contributed by atoms with van der Waals surface area (Å²) < 4.78 is 0. The fraction of sp³-hybridized carbons (Fsp3) is 0.130. The van der Waals surface area contributed by atoms with Crippen molar-refractivity contribution in [1.29, 1.82) is 0 Å². The molecule has 0 heterocycles. The van der Waals surface area contributed by atoms with Crippen molar-refractivity contribution in [3.05, 3.63) is 101 Å². The highest BCUT2D eigenvalue weighted by atomic mass is 16.3. The Kier molecular flexibility index (Phi) is 3.61. The Morgan fingerprint density at radius 1 is 0.720 bits per heavy atom. The minimum atomic E-state index is -0.368. The second-order valence-corrected chi connectivity index (χ2v) is 6.64. The number of allylic oxidation sites excluding steroid dienone is 1. The molecule has 2 heteroatoms. The third kappa shape index (κ3) is 2.33. The Bertz CT molecular complexity index is 876. The first-order valence-electron chi connectivity index (χ1n) is 8.49. The van der Waals surface area contributed by atoms with E-state index in [1.807, 2.05) is 24.3 Å². The molecular formula is C23H20O2. The highest BCUT2D eigenvalue weighted by molar-refractivity contribution is 5.67. The molecule has 1 aliphatic carbocycles. The number of aromatic hydroxyl groups is 2. The quantitative estimate of drug-likeness (QED) is 0.687. The Balaban J connectivity index is 2.07. The van der Waals surface area contributed by atoms with Crippen LogP contribution in [0.2, 0.25) is 0 Å². The number of rotatable bonds is 2. The van der Waals surface area contributed by atoms with Gasteiger partial charge in [0.25, 0.3) is 0 Å². The minimum absolute atomic E-state index is 0.219. The largest absolute Gasteiger partial charge is 0.508 e. The monoisotopic (exact) mass is 328 g/mol. The van der Waals surface area contributed by atoms with Crippen molar-refractivity contribution in [1.82, 2.24) is 0 Å². The van der Waals surface area contributed by atoms with Crippen molar-refractivity contribution in [2.24, 2.45) is 5.92 Å². The normalized spacial score (nSPS) is 17.9. The SMILES string of the molecule is CC1C=Cc2ccccc2C1(c1ccc(O)cc1)c1ccc(O)cc1. The fourth-order valence-electron chi connectivity index (χ4n) is 4.09. The first kappa shape index (κ1) is 15.5. The Hall–Kier alpha value is -3.00. The Morgan fingerprint density at radius 3 is 1.80 bits per heavy atom.